The topological polar surface area (TPSA) is 77.8 Å². The molecule has 0 atom stereocenters. The molecule has 2 aromatic rings. The lowest BCUT2D eigenvalue weighted by Gasteiger charge is -2.00. The van der Waals surface area contributed by atoms with Gasteiger partial charge in [0.05, 0.1) is 0 Å². The lowest BCUT2D eigenvalue weighted by Crippen LogP contribution is -2.02. The van der Waals surface area contributed by atoms with E-state index in [2.05, 4.69) is 15.1 Å². The van der Waals surface area contributed by atoms with Crippen LogP contribution in [0.1, 0.15) is 17.0 Å². The molecule has 16 heavy (non-hydrogen) atoms. The van der Waals surface area contributed by atoms with E-state index in [1.165, 1.54) is 0 Å². The van der Waals surface area contributed by atoms with Gasteiger partial charge in [-0.05, 0) is 25.0 Å². The summed E-state index contributed by atoms with van der Waals surface area (Å²) in [5.41, 5.74) is 8.34. The fraction of sp³-hybridized carbons (Fsp3) is 0.364. The molecule has 0 aliphatic carbocycles. The smallest absolute Gasteiger partial charge is 0.228 e. The molecule has 0 aliphatic rings. The van der Waals surface area contributed by atoms with Gasteiger partial charge in [-0.3, -0.25) is 4.98 Å². The Morgan fingerprint density at radius 2 is 2.19 bits per heavy atom. The van der Waals surface area contributed by atoms with Crippen LogP contribution in [-0.4, -0.2) is 21.7 Å². The van der Waals surface area contributed by atoms with Crippen LogP contribution in [0.15, 0.2) is 16.8 Å². The van der Waals surface area contributed by atoms with E-state index < -0.39 is 0 Å². The van der Waals surface area contributed by atoms with Gasteiger partial charge in [0.15, 0.2) is 0 Å². The summed E-state index contributed by atoms with van der Waals surface area (Å²) in [4.78, 5) is 8.55. The molecule has 0 amide bonds. The molecule has 0 unspecified atom stereocenters. The third-order valence-corrected chi connectivity index (χ3v) is 2.25. The van der Waals surface area contributed by atoms with E-state index in [-0.39, 0.29) is 0 Å². The van der Waals surface area contributed by atoms with Crippen molar-refractivity contribution in [3.05, 3.63) is 29.3 Å². The summed E-state index contributed by atoms with van der Waals surface area (Å²) < 4.78 is 5.06. The minimum atomic E-state index is 0.502. The molecule has 0 aromatic carbocycles. The summed E-state index contributed by atoms with van der Waals surface area (Å²) in [6.45, 7) is 4.48. The largest absolute Gasteiger partial charge is 0.339 e. The molecule has 0 spiro atoms. The number of nitrogens with zero attached hydrogens (tertiary/aromatic N) is 3. The van der Waals surface area contributed by atoms with E-state index in [4.69, 9.17) is 10.3 Å². The molecule has 0 aliphatic heterocycles. The fourth-order valence-corrected chi connectivity index (χ4v) is 1.53. The zero-order chi connectivity index (χ0) is 11.5. The average molecular weight is 218 g/mol. The summed E-state index contributed by atoms with van der Waals surface area (Å²) in [6.07, 6.45) is 2.39. The second-order valence-corrected chi connectivity index (χ2v) is 3.73. The van der Waals surface area contributed by atoms with Gasteiger partial charge in [-0.1, -0.05) is 11.2 Å². The second-order valence-electron chi connectivity index (χ2n) is 3.73. The monoisotopic (exact) mass is 218 g/mol. The Labute approximate surface area is 93.7 Å². The zero-order valence-corrected chi connectivity index (χ0v) is 9.40. The number of pyridine rings is 1. The normalized spacial score (nSPS) is 10.7. The number of aromatic nitrogens is 3. The fourth-order valence-electron chi connectivity index (χ4n) is 1.53. The van der Waals surface area contributed by atoms with Crippen molar-refractivity contribution in [2.24, 2.45) is 5.73 Å². The van der Waals surface area contributed by atoms with Gasteiger partial charge in [0.1, 0.15) is 5.69 Å². The van der Waals surface area contributed by atoms with Gasteiger partial charge in [0.2, 0.25) is 11.7 Å². The number of hydrogen-bond acceptors (Lipinski definition) is 5. The molecule has 0 saturated carbocycles. The molecule has 0 bridgehead atoms. The van der Waals surface area contributed by atoms with E-state index >= 15 is 0 Å². The van der Waals surface area contributed by atoms with E-state index in [1.807, 2.05) is 19.9 Å². The Bertz CT molecular complexity index is 492. The molecule has 5 heteroatoms. The Hall–Kier alpha value is -1.75. The molecule has 2 heterocycles. The third kappa shape index (κ3) is 2.09. The summed E-state index contributed by atoms with van der Waals surface area (Å²) in [5.74, 6) is 1.08. The number of aryl methyl sites for hydroxylation is 2. The quantitative estimate of drug-likeness (QED) is 0.838. The Morgan fingerprint density at radius 1 is 1.38 bits per heavy atom. The van der Waals surface area contributed by atoms with Crippen LogP contribution in [0.5, 0.6) is 0 Å². The molecule has 2 aromatic heterocycles. The first kappa shape index (κ1) is 10.8. The van der Waals surface area contributed by atoms with Gasteiger partial charge in [0.25, 0.3) is 0 Å². The molecular formula is C11H14N4O. The van der Waals surface area contributed by atoms with Crippen LogP contribution in [0.25, 0.3) is 11.5 Å². The highest BCUT2D eigenvalue weighted by molar-refractivity contribution is 5.53. The predicted octanol–water partition coefficient (Wildman–Crippen LogP) is 1.25. The van der Waals surface area contributed by atoms with E-state index in [0.29, 0.717) is 24.7 Å². The van der Waals surface area contributed by atoms with Gasteiger partial charge < -0.3 is 10.3 Å². The highest BCUT2D eigenvalue weighted by Gasteiger charge is 2.11. The van der Waals surface area contributed by atoms with Gasteiger partial charge in [-0.25, -0.2) is 0 Å². The lowest BCUT2D eigenvalue weighted by atomic mass is 10.1. The first-order valence-electron chi connectivity index (χ1n) is 5.17. The number of nitrogens with two attached hydrogens (primary N) is 1. The molecule has 0 saturated heterocycles. The Morgan fingerprint density at radius 3 is 2.88 bits per heavy atom. The van der Waals surface area contributed by atoms with Crippen molar-refractivity contribution >= 4 is 0 Å². The number of rotatable bonds is 3. The van der Waals surface area contributed by atoms with E-state index in [1.54, 1.807) is 6.20 Å². The van der Waals surface area contributed by atoms with Crippen LogP contribution in [0, 0.1) is 13.8 Å². The second kappa shape index (κ2) is 4.40. The van der Waals surface area contributed by atoms with Crippen molar-refractivity contribution in [2.45, 2.75) is 20.3 Å². The minimum absolute atomic E-state index is 0.502. The van der Waals surface area contributed by atoms with Gasteiger partial charge in [-0.2, -0.15) is 4.98 Å². The first-order valence-corrected chi connectivity index (χ1v) is 5.17. The highest BCUT2D eigenvalue weighted by Crippen LogP contribution is 2.18. The van der Waals surface area contributed by atoms with Crippen molar-refractivity contribution in [1.82, 2.24) is 15.1 Å². The highest BCUT2D eigenvalue weighted by atomic mass is 16.5. The number of hydrogen-bond donors (Lipinski definition) is 1. The summed E-state index contributed by atoms with van der Waals surface area (Å²) >= 11 is 0. The summed E-state index contributed by atoms with van der Waals surface area (Å²) in [6, 6.07) is 2.04. The molecule has 2 rings (SSSR count). The molecule has 2 N–H and O–H groups in total. The summed E-state index contributed by atoms with van der Waals surface area (Å²) in [5, 5.41) is 3.89. The molecule has 0 radical (unpaired) electrons. The van der Waals surface area contributed by atoms with Crippen molar-refractivity contribution in [3.63, 3.8) is 0 Å². The van der Waals surface area contributed by atoms with Gasteiger partial charge in [-0.15, -0.1) is 0 Å². The van der Waals surface area contributed by atoms with Crippen LogP contribution in [0.4, 0.5) is 0 Å². The van der Waals surface area contributed by atoms with Gasteiger partial charge >= 0.3 is 0 Å². The predicted molar refractivity (Wildman–Crippen MR) is 59.8 cm³/mol. The minimum Gasteiger partial charge on any atom is -0.339 e. The maximum Gasteiger partial charge on any atom is 0.228 e. The van der Waals surface area contributed by atoms with Crippen molar-refractivity contribution in [3.8, 4) is 11.5 Å². The average Bonchev–Trinajstić information content (AvgIpc) is 2.67. The van der Waals surface area contributed by atoms with Crippen molar-refractivity contribution < 1.29 is 4.52 Å². The van der Waals surface area contributed by atoms with Gasteiger partial charge in [0, 0.05) is 19.2 Å². The standard InChI is InChI=1S/C11H14N4O/c1-7-5-8(2)10(13-6-7)11-14-9(3-4-12)16-15-11/h5-6H,3-4,12H2,1-2H3. The van der Waals surface area contributed by atoms with Crippen LogP contribution in [0.2, 0.25) is 0 Å². The molecule has 84 valence electrons. The van der Waals surface area contributed by atoms with Crippen molar-refractivity contribution in [2.75, 3.05) is 6.54 Å². The zero-order valence-electron chi connectivity index (χ0n) is 9.40. The lowest BCUT2D eigenvalue weighted by molar-refractivity contribution is 0.380. The molecule has 0 fully saturated rings. The van der Waals surface area contributed by atoms with Crippen LogP contribution in [0.3, 0.4) is 0 Å². The Kier molecular flexibility index (Phi) is 2.96. The van der Waals surface area contributed by atoms with Crippen molar-refractivity contribution in [1.29, 1.82) is 0 Å². The summed E-state index contributed by atoms with van der Waals surface area (Å²) in [7, 11) is 0. The van der Waals surface area contributed by atoms with E-state index in [0.717, 1.165) is 16.8 Å². The molecule has 5 nitrogen and oxygen atoms in total. The van der Waals surface area contributed by atoms with Crippen LogP contribution in [-0.2, 0) is 6.42 Å². The first-order chi connectivity index (χ1) is 7.70. The third-order valence-electron chi connectivity index (χ3n) is 2.25. The van der Waals surface area contributed by atoms with E-state index in [9.17, 15) is 0 Å². The maximum absolute atomic E-state index is 5.41. The Balaban J connectivity index is 2.35. The SMILES string of the molecule is Cc1cnc(-c2noc(CCN)n2)c(C)c1. The van der Waals surface area contributed by atoms with Crippen LogP contribution < -0.4 is 5.73 Å². The molecular weight excluding hydrogens is 204 g/mol. The van der Waals surface area contributed by atoms with Crippen LogP contribution >= 0.6 is 0 Å². The maximum atomic E-state index is 5.41.